The summed E-state index contributed by atoms with van der Waals surface area (Å²) in [5.74, 6) is -0.262. The fraction of sp³-hybridized carbons (Fsp3) is 0.250. The van der Waals surface area contributed by atoms with Gasteiger partial charge < -0.3 is 24.8 Å². The Bertz CT molecular complexity index is 1340. The van der Waals surface area contributed by atoms with Gasteiger partial charge in [0.25, 0.3) is 0 Å². The highest BCUT2D eigenvalue weighted by molar-refractivity contribution is 6.02. The number of nitrogens with one attached hydrogen (secondary N) is 1. The van der Waals surface area contributed by atoms with E-state index in [-0.39, 0.29) is 11.6 Å². The Morgan fingerprint density at radius 2 is 1.64 bits per heavy atom. The van der Waals surface area contributed by atoms with E-state index >= 15 is 0 Å². The standard InChI is InChI=1S/C24H20F2N4O3/c25-14-3-1-13(2-4-14)17-11-30(23-19(31)20(32)24(33-23)9-10-24)22-18(17)21(27-12-28-22)29-16-7-5-15(26)6-8-16/h1-8,11-12,19-20,23,31-32H,9-10H2,(H,27,28,29)/t19-,20+,23-/m1/s1. The van der Waals surface area contributed by atoms with Crippen LogP contribution in [0.2, 0.25) is 0 Å². The maximum absolute atomic E-state index is 13.6. The molecule has 1 spiro atoms. The van der Waals surface area contributed by atoms with Crippen molar-refractivity contribution in [1.82, 2.24) is 14.5 Å². The largest absolute Gasteiger partial charge is 0.387 e. The summed E-state index contributed by atoms with van der Waals surface area (Å²) >= 11 is 0. The first-order valence-electron chi connectivity index (χ1n) is 10.6. The molecule has 1 aliphatic heterocycles. The van der Waals surface area contributed by atoms with Crippen molar-refractivity contribution in [3.05, 3.63) is 72.7 Å². The molecule has 0 unspecified atom stereocenters. The van der Waals surface area contributed by atoms with Gasteiger partial charge in [0.15, 0.2) is 6.23 Å². The maximum Gasteiger partial charge on any atom is 0.164 e. The Kier molecular flexibility index (Phi) is 4.48. The number of rotatable bonds is 4. The van der Waals surface area contributed by atoms with Crippen molar-refractivity contribution in [1.29, 1.82) is 0 Å². The quantitative estimate of drug-likeness (QED) is 0.437. The summed E-state index contributed by atoms with van der Waals surface area (Å²) in [5.41, 5.74) is 1.78. The molecule has 2 fully saturated rings. The predicted molar refractivity (Wildman–Crippen MR) is 117 cm³/mol. The van der Waals surface area contributed by atoms with Gasteiger partial charge in [0, 0.05) is 17.4 Å². The van der Waals surface area contributed by atoms with E-state index in [4.69, 9.17) is 4.74 Å². The molecule has 9 heteroatoms. The number of anilines is 2. The van der Waals surface area contributed by atoms with Gasteiger partial charge in [-0.1, -0.05) is 12.1 Å². The van der Waals surface area contributed by atoms with Crippen LogP contribution in [0.1, 0.15) is 19.1 Å². The van der Waals surface area contributed by atoms with Crippen LogP contribution in [0.3, 0.4) is 0 Å². The summed E-state index contributed by atoms with van der Waals surface area (Å²) in [6.45, 7) is 0. The molecule has 1 saturated carbocycles. The Hall–Kier alpha value is -3.40. The van der Waals surface area contributed by atoms with E-state index in [0.717, 1.165) is 0 Å². The molecule has 0 bridgehead atoms. The Labute approximate surface area is 187 Å². The van der Waals surface area contributed by atoms with Crippen LogP contribution >= 0.6 is 0 Å². The van der Waals surface area contributed by atoms with Crippen LogP contribution in [-0.2, 0) is 4.74 Å². The second-order valence-corrected chi connectivity index (χ2v) is 8.52. The van der Waals surface area contributed by atoms with Crippen LogP contribution in [0, 0.1) is 11.6 Å². The van der Waals surface area contributed by atoms with Crippen molar-refractivity contribution >= 4 is 22.5 Å². The average molecular weight is 450 g/mol. The average Bonchev–Trinajstić information content (AvgIpc) is 3.45. The topological polar surface area (TPSA) is 92.4 Å². The summed E-state index contributed by atoms with van der Waals surface area (Å²) < 4.78 is 34.7. The van der Waals surface area contributed by atoms with E-state index in [1.54, 1.807) is 35.0 Å². The molecule has 3 atom stereocenters. The van der Waals surface area contributed by atoms with E-state index in [1.807, 2.05) is 0 Å². The van der Waals surface area contributed by atoms with Gasteiger partial charge in [-0.2, -0.15) is 0 Å². The number of ether oxygens (including phenoxy) is 1. The minimum Gasteiger partial charge on any atom is -0.387 e. The first-order chi connectivity index (χ1) is 15.9. The summed E-state index contributed by atoms with van der Waals surface area (Å²) in [7, 11) is 0. The number of aromatic nitrogens is 3. The van der Waals surface area contributed by atoms with Crippen LogP contribution in [-0.4, -0.2) is 42.6 Å². The number of halogens is 2. The van der Waals surface area contributed by atoms with Crippen molar-refractivity contribution in [3.63, 3.8) is 0 Å². The number of nitrogens with zero attached hydrogens (tertiary/aromatic N) is 3. The monoisotopic (exact) mass is 450 g/mol. The highest BCUT2D eigenvalue weighted by Crippen LogP contribution is 2.53. The molecule has 168 valence electrons. The first-order valence-corrected chi connectivity index (χ1v) is 10.6. The lowest BCUT2D eigenvalue weighted by Gasteiger charge is -2.17. The van der Waals surface area contributed by atoms with Crippen LogP contribution in [0.4, 0.5) is 20.3 Å². The molecule has 2 aliphatic rings. The Morgan fingerprint density at radius 1 is 0.970 bits per heavy atom. The molecule has 1 saturated heterocycles. The van der Waals surface area contributed by atoms with Gasteiger partial charge in [0.2, 0.25) is 0 Å². The Morgan fingerprint density at radius 3 is 2.27 bits per heavy atom. The van der Waals surface area contributed by atoms with E-state index in [0.29, 0.717) is 46.5 Å². The van der Waals surface area contributed by atoms with Crippen molar-refractivity contribution in [2.24, 2.45) is 0 Å². The van der Waals surface area contributed by atoms with Crippen molar-refractivity contribution in [2.45, 2.75) is 36.9 Å². The summed E-state index contributed by atoms with van der Waals surface area (Å²) in [6.07, 6.45) is 1.54. The van der Waals surface area contributed by atoms with Crippen LogP contribution < -0.4 is 5.32 Å². The zero-order chi connectivity index (χ0) is 22.7. The molecule has 33 heavy (non-hydrogen) atoms. The molecule has 3 heterocycles. The number of fused-ring (bicyclic) bond motifs is 1. The molecule has 0 radical (unpaired) electrons. The van der Waals surface area contributed by atoms with Gasteiger partial charge in [-0.3, -0.25) is 0 Å². The Balaban J connectivity index is 1.52. The van der Waals surface area contributed by atoms with Gasteiger partial charge in [0.05, 0.1) is 11.0 Å². The molecule has 6 rings (SSSR count). The smallest absolute Gasteiger partial charge is 0.164 e. The third-order valence-electron chi connectivity index (χ3n) is 6.40. The second-order valence-electron chi connectivity index (χ2n) is 8.52. The molecule has 2 aromatic carbocycles. The summed E-state index contributed by atoms with van der Waals surface area (Å²) in [5, 5.41) is 25.1. The minimum absolute atomic E-state index is 0.355. The first kappa shape index (κ1) is 20.2. The van der Waals surface area contributed by atoms with Gasteiger partial charge in [-0.05, 0) is 54.8 Å². The molecule has 7 nitrogen and oxygen atoms in total. The van der Waals surface area contributed by atoms with E-state index in [1.165, 1.54) is 30.6 Å². The highest BCUT2D eigenvalue weighted by Gasteiger charge is 2.62. The van der Waals surface area contributed by atoms with Crippen molar-refractivity contribution in [2.75, 3.05) is 5.32 Å². The fourth-order valence-electron chi connectivity index (χ4n) is 4.50. The number of aliphatic hydroxyl groups is 2. The third-order valence-corrected chi connectivity index (χ3v) is 6.40. The molecular weight excluding hydrogens is 430 g/mol. The number of hydrogen-bond acceptors (Lipinski definition) is 6. The zero-order valence-corrected chi connectivity index (χ0v) is 17.3. The van der Waals surface area contributed by atoms with Crippen LogP contribution in [0.15, 0.2) is 61.1 Å². The lowest BCUT2D eigenvalue weighted by atomic mass is 10.1. The number of benzene rings is 2. The van der Waals surface area contributed by atoms with Crippen molar-refractivity contribution in [3.8, 4) is 11.1 Å². The van der Waals surface area contributed by atoms with Gasteiger partial charge in [-0.15, -0.1) is 0 Å². The maximum atomic E-state index is 13.6. The summed E-state index contributed by atoms with van der Waals surface area (Å²) in [4.78, 5) is 8.83. The van der Waals surface area contributed by atoms with Crippen LogP contribution in [0.5, 0.6) is 0 Å². The van der Waals surface area contributed by atoms with E-state index in [2.05, 4.69) is 15.3 Å². The number of aliphatic hydroxyl groups excluding tert-OH is 2. The molecule has 4 aromatic rings. The lowest BCUT2D eigenvalue weighted by Crippen LogP contribution is -2.32. The SMILES string of the molecule is O[C@H]1[C@H](n2cc(-c3ccc(F)cc3)c3c(Nc4ccc(F)cc4)ncnc32)OC2(CC2)[C@H]1O. The van der Waals surface area contributed by atoms with E-state index in [9.17, 15) is 19.0 Å². The molecule has 3 N–H and O–H groups in total. The van der Waals surface area contributed by atoms with Gasteiger partial charge >= 0.3 is 0 Å². The second kappa shape index (κ2) is 7.31. The lowest BCUT2D eigenvalue weighted by molar-refractivity contribution is -0.0456. The van der Waals surface area contributed by atoms with Gasteiger partial charge in [0.1, 0.15) is 41.6 Å². The molecular formula is C24H20F2N4O3. The summed E-state index contributed by atoms with van der Waals surface area (Å²) in [6, 6.07) is 11.9. The van der Waals surface area contributed by atoms with Crippen molar-refractivity contribution < 1.29 is 23.7 Å². The van der Waals surface area contributed by atoms with Gasteiger partial charge in [-0.25, -0.2) is 18.7 Å². The molecule has 0 amide bonds. The number of hydrogen-bond donors (Lipinski definition) is 3. The minimum atomic E-state index is -1.13. The normalized spacial score (nSPS) is 23.3. The predicted octanol–water partition coefficient (Wildman–Crippen LogP) is 3.90. The molecule has 1 aliphatic carbocycles. The highest BCUT2D eigenvalue weighted by atomic mass is 19.1. The third kappa shape index (κ3) is 3.28. The van der Waals surface area contributed by atoms with Crippen LogP contribution in [0.25, 0.3) is 22.2 Å². The van der Waals surface area contributed by atoms with E-state index < -0.39 is 24.0 Å². The fourth-order valence-corrected chi connectivity index (χ4v) is 4.50. The zero-order valence-electron chi connectivity index (χ0n) is 17.3. The molecule has 2 aromatic heterocycles.